The Morgan fingerprint density at radius 3 is 2.43 bits per heavy atom. The Balaban J connectivity index is 2.60. The molecule has 0 fully saturated rings. The van der Waals surface area contributed by atoms with Crippen molar-refractivity contribution in [1.82, 2.24) is 0 Å². The highest BCUT2D eigenvalue weighted by molar-refractivity contribution is 5.97. The Labute approximate surface area is 166 Å². The molecular formula is C23H28O5. The second kappa shape index (κ2) is 8.83. The SMILES string of the molecule is C/C=C1/OC(C)(C)C=C/C1=C(\OC(CC)c1ccc(O)cc1)C(=CO)C(C)=O. The van der Waals surface area contributed by atoms with Crippen molar-refractivity contribution in [2.75, 3.05) is 0 Å². The molecule has 1 aromatic rings. The number of carbonyl (C=O) groups is 1. The minimum atomic E-state index is -0.489. The van der Waals surface area contributed by atoms with Crippen LogP contribution in [-0.4, -0.2) is 21.6 Å². The summed E-state index contributed by atoms with van der Waals surface area (Å²) >= 11 is 0. The Hall–Kier alpha value is -2.95. The Kier molecular flexibility index (Phi) is 6.73. The van der Waals surface area contributed by atoms with Gasteiger partial charge in [-0.15, -0.1) is 0 Å². The first kappa shape index (κ1) is 21.4. The van der Waals surface area contributed by atoms with E-state index in [-0.39, 0.29) is 29.0 Å². The maximum atomic E-state index is 12.2. The van der Waals surface area contributed by atoms with Gasteiger partial charge in [0.2, 0.25) is 0 Å². The zero-order valence-corrected chi connectivity index (χ0v) is 17.0. The number of phenolic OH excluding ortho intramolecular Hbond substituents is 1. The molecule has 0 spiro atoms. The molecule has 1 aliphatic heterocycles. The van der Waals surface area contributed by atoms with E-state index in [4.69, 9.17) is 9.47 Å². The molecule has 150 valence electrons. The van der Waals surface area contributed by atoms with Gasteiger partial charge in [-0.05, 0) is 70.0 Å². The number of allylic oxidation sites excluding steroid dienone is 3. The number of Topliss-reactive ketones (excluding diaryl/α,β-unsaturated/α-hetero) is 1. The number of ketones is 1. The van der Waals surface area contributed by atoms with E-state index in [1.165, 1.54) is 6.92 Å². The summed E-state index contributed by atoms with van der Waals surface area (Å²) < 4.78 is 12.3. The van der Waals surface area contributed by atoms with Crippen molar-refractivity contribution in [3.63, 3.8) is 0 Å². The van der Waals surface area contributed by atoms with Crippen molar-refractivity contribution in [2.24, 2.45) is 0 Å². The monoisotopic (exact) mass is 384 g/mol. The van der Waals surface area contributed by atoms with Crippen LogP contribution in [0.25, 0.3) is 0 Å². The molecule has 28 heavy (non-hydrogen) atoms. The van der Waals surface area contributed by atoms with Gasteiger partial charge in [-0.25, -0.2) is 0 Å². The molecule has 1 unspecified atom stereocenters. The summed E-state index contributed by atoms with van der Waals surface area (Å²) in [6, 6.07) is 6.72. The van der Waals surface area contributed by atoms with Gasteiger partial charge in [0.25, 0.3) is 0 Å². The fourth-order valence-corrected chi connectivity index (χ4v) is 2.94. The van der Waals surface area contributed by atoms with E-state index >= 15 is 0 Å². The molecule has 5 heteroatoms. The summed E-state index contributed by atoms with van der Waals surface area (Å²) in [4.78, 5) is 12.2. The highest BCUT2D eigenvalue weighted by atomic mass is 16.5. The summed E-state index contributed by atoms with van der Waals surface area (Å²) in [7, 11) is 0. The number of aliphatic hydroxyl groups is 1. The van der Waals surface area contributed by atoms with Crippen LogP contribution in [0.5, 0.6) is 5.75 Å². The third-order valence-corrected chi connectivity index (χ3v) is 4.45. The summed E-state index contributed by atoms with van der Waals surface area (Å²) in [6.45, 7) is 9.05. The van der Waals surface area contributed by atoms with Crippen molar-refractivity contribution >= 4 is 5.78 Å². The number of rotatable bonds is 6. The molecule has 0 bridgehead atoms. The average Bonchev–Trinajstić information content (AvgIpc) is 2.65. The van der Waals surface area contributed by atoms with Crippen molar-refractivity contribution in [1.29, 1.82) is 0 Å². The van der Waals surface area contributed by atoms with E-state index in [0.29, 0.717) is 17.8 Å². The second-order valence-corrected chi connectivity index (χ2v) is 7.14. The van der Waals surface area contributed by atoms with Crippen molar-refractivity contribution < 1.29 is 24.5 Å². The molecule has 0 aliphatic carbocycles. The third kappa shape index (κ3) is 4.85. The first-order valence-electron chi connectivity index (χ1n) is 9.32. The van der Waals surface area contributed by atoms with Gasteiger partial charge in [0.05, 0.1) is 17.4 Å². The maximum absolute atomic E-state index is 12.2. The van der Waals surface area contributed by atoms with Gasteiger partial charge in [-0.2, -0.15) is 0 Å². The van der Waals surface area contributed by atoms with Crippen molar-refractivity contribution in [2.45, 2.75) is 52.7 Å². The van der Waals surface area contributed by atoms with E-state index in [1.54, 1.807) is 30.3 Å². The first-order valence-corrected chi connectivity index (χ1v) is 9.32. The molecule has 0 saturated heterocycles. The largest absolute Gasteiger partial charge is 0.515 e. The number of carbonyl (C=O) groups excluding carboxylic acids is 1. The molecular weight excluding hydrogens is 356 g/mol. The van der Waals surface area contributed by atoms with E-state index < -0.39 is 5.60 Å². The van der Waals surface area contributed by atoms with Crippen LogP contribution in [0, 0.1) is 0 Å². The van der Waals surface area contributed by atoms with Gasteiger partial charge < -0.3 is 19.7 Å². The number of phenols is 1. The molecule has 5 nitrogen and oxygen atoms in total. The molecule has 2 rings (SSSR count). The van der Waals surface area contributed by atoms with Gasteiger partial charge in [0, 0.05) is 0 Å². The second-order valence-electron chi connectivity index (χ2n) is 7.14. The minimum Gasteiger partial charge on any atom is -0.515 e. The van der Waals surface area contributed by atoms with Gasteiger partial charge in [0.15, 0.2) is 5.78 Å². The maximum Gasteiger partial charge on any atom is 0.166 e. The van der Waals surface area contributed by atoms with E-state index in [1.807, 2.05) is 39.8 Å². The average molecular weight is 384 g/mol. The quantitative estimate of drug-likeness (QED) is 0.506. The Bertz CT molecular complexity index is 838. The standard InChI is InChI=1S/C23H28O5/c1-6-20(16-8-10-17(26)11-9-16)27-22(19(14-24)15(3)25)18-12-13-23(4,5)28-21(18)7-2/h7-14,20,24,26H,6H2,1-5H3/b19-14?,21-7+,22-18+. The lowest BCUT2D eigenvalue weighted by Crippen LogP contribution is -2.26. The van der Waals surface area contributed by atoms with Gasteiger partial charge in [-0.3, -0.25) is 4.79 Å². The Morgan fingerprint density at radius 2 is 1.93 bits per heavy atom. The van der Waals surface area contributed by atoms with Crippen LogP contribution in [0.1, 0.15) is 52.7 Å². The summed E-state index contributed by atoms with van der Waals surface area (Å²) in [6.07, 6.45) is 6.56. The number of aromatic hydroxyl groups is 1. The fourth-order valence-electron chi connectivity index (χ4n) is 2.94. The predicted molar refractivity (Wildman–Crippen MR) is 109 cm³/mol. The normalized spacial score (nSPS) is 20.5. The first-order chi connectivity index (χ1) is 13.2. The molecule has 0 radical (unpaired) electrons. The summed E-state index contributed by atoms with van der Waals surface area (Å²) in [5.41, 5.74) is 1.02. The van der Waals surface area contributed by atoms with Crippen LogP contribution < -0.4 is 0 Å². The number of aliphatic hydroxyl groups excluding tert-OH is 1. The molecule has 1 atom stereocenters. The number of hydrogen-bond donors (Lipinski definition) is 2. The lowest BCUT2D eigenvalue weighted by molar-refractivity contribution is -0.113. The number of hydrogen-bond acceptors (Lipinski definition) is 5. The number of ether oxygens (including phenoxy) is 2. The van der Waals surface area contributed by atoms with Crippen molar-refractivity contribution in [3.05, 3.63) is 77.0 Å². The van der Waals surface area contributed by atoms with Crippen LogP contribution >= 0.6 is 0 Å². The zero-order valence-electron chi connectivity index (χ0n) is 17.0. The summed E-state index contributed by atoms with van der Waals surface area (Å²) in [5, 5.41) is 19.3. The highest BCUT2D eigenvalue weighted by Gasteiger charge is 2.29. The van der Waals surface area contributed by atoms with Crippen LogP contribution in [0.4, 0.5) is 0 Å². The number of benzene rings is 1. The molecule has 0 amide bonds. The smallest absolute Gasteiger partial charge is 0.166 e. The Morgan fingerprint density at radius 1 is 1.29 bits per heavy atom. The molecule has 1 aliphatic rings. The van der Waals surface area contributed by atoms with E-state index in [0.717, 1.165) is 11.8 Å². The highest BCUT2D eigenvalue weighted by Crippen LogP contribution is 2.36. The molecule has 1 heterocycles. The van der Waals surface area contributed by atoms with Gasteiger partial charge in [0.1, 0.15) is 29.0 Å². The van der Waals surface area contributed by atoms with Crippen LogP contribution in [0.2, 0.25) is 0 Å². The fraction of sp³-hybridized carbons (Fsp3) is 0.348. The predicted octanol–water partition coefficient (Wildman–Crippen LogP) is 5.41. The zero-order chi connectivity index (χ0) is 20.9. The van der Waals surface area contributed by atoms with Crippen LogP contribution in [-0.2, 0) is 14.3 Å². The molecule has 0 saturated carbocycles. The molecule has 1 aromatic carbocycles. The van der Waals surface area contributed by atoms with Gasteiger partial charge in [-0.1, -0.05) is 19.1 Å². The lowest BCUT2D eigenvalue weighted by atomic mass is 9.97. The lowest BCUT2D eigenvalue weighted by Gasteiger charge is -2.31. The summed E-state index contributed by atoms with van der Waals surface area (Å²) in [5.74, 6) is 0.677. The molecule has 0 aromatic heterocycles. The van der Waals surface area contributed by atoms with Gasteiger partial charge >= 0.3 is 0 Å². The van der Waals surface area contributed by atoms with E-state index in [9.17, 15) is 15.0 Å². The molecule has 2 N–H and O–H groups in total. The third-order valence-electron chi connectivity index (χ3n) is 4.45. The van der Waals surface area contributed by atoms with Crippen LogP contribution in [0.15, 0.2) is 71.4 Å². The van der Waals surface area contributed by atoms with Crippen LogP contribution in [0.3, 0.4) is 0 Å². The minimum absolute atomic E-state index is 0.0690. The van der Waals surface area contributed by atoms with Crippen molar-refractivity contribution in [3.8, 4) is 5.75 Å². The topological polar surface area (TPSA) is 76.0 Å². The van der Waals surface area contributed by atoms with E-state index in [2.05, 4.69) is 0 Å².